The normalized spacial score (nSPS) is 23.2. The Bertz CT molecular complexity index is 1300. The Morgan fingerprint density at radius 3 is 2.59 bits per heavy atom. The molecule has 2 bridgehead atoms. The van der Waals surface area contributed by atoms with Crippen molar-refractivity contribution in [3.05, 3.63) is 66.9 Å². The zero-order chi connectivity index (χ0) is 25.9. The van der Waals surface area contributed by atoms with Crippen LogP contribution in [0, 0.1) is 11.8 Å². The van der Waals surface area contributed by atoms with E-state index >= 15 is 0 Å². The van der Waals surface area contributed by atoms with Crippen LogP contribution in [0.1, 0.15) is 24.5 Å². The number of methoxy groups -OCH3 is 3. The van der Waals surface area contributed by atoms with E-state index in [9.17, 15) is 0 Å². The van der Waals surface area contributed by atoms with Gasteiger partial charge in [0.25, 0.3) is 5.17 Å². The molecule has 6 rings (SSSR count). The molecule has 0 radical (unpaired) electrons. The Labute approximate surface area is 223 Å². The number of ether oxygens (including phenoxy) is 4. The minimum absolute atomic E-state index is 0.171. The van der Waals surface area contributed by atoms with E-state index < -0.39 is 0 Å². The molecule has 1 N–H and O–H groups in total. The van der Waals surface area contributed by atoms with Crippen molar-refractivity contribution in [2.24, 2.45) is 11.8 Å². The van der Waals surface area contributed by atoms with Crippen molar-refractivity contribution in [1.29, 1.82) is 0 Å². The van der Waals surface area contributed by atoms with Gasteiger partial charge in [-0.25, -0.2) is 0 Å². The van der Waals surface area contributed by atoms with Gasteiger partial charge >= 0.3 is 0 Å². The quantitative estimate of drug-likeness (QED) is 0.304. The summed E-state index contributed by atoms with van der Waals surface area (Å²) in [5.41, 5.74) is 2.65. The van der Waals surface area contributed by atoms with Gasteiger partial charge in [0, 0.05) is 29.8 Å². The largest absolute Gasteiger partial charge is 0.497 e. The SMILES string of the molecule is C=CC1CN2CCC1CC2[C@@H](OC(=S)Nc1ccc(OC)cc1OC)c1ccnc2ccc(OC)cc12. The number of thiocarbonyl (C=S) groups is 1. The van der Waals surface area contributed by atoms with Crippen molar-refractivity contribution in [2.45, 2.75) is 25.0 Å². The van der Waals surface area contributed by atoms with Gasteiger partial charge < -0.3 is 24.3 Å². The molecule has 194 valence electrons. The van der Waals surface area contributed by atoms with E-state index in [0.717, 1.165) is 41.7 Å². The number of fused-ring (bicyclic) bond motifs is 4. The summed E-state index contributed by atoms with van der Waals surface area (Å²) in [4.78, 5) is 7.12. The minimum Gasteiger partial charge on any atom is -0.497 e. The van der Waals surface area contributed by atoms with E-state index in [-0.39, 0.29) is 17.3 Å². The van der Waals surface area contributed by atoms with Gasteiger partial charge in [-0.3, -0.25) is 9.88 Å². The van der Waals surface area contributed by atoms with Crippen molar-refractivity contribution < 1.29 is 18.9 Å². The second-order valence-electron chi connectivity index (χ2n) is 9.55. The topological polar surface area (TPSA) is 65.1 Å². The number of nitrogens with zero attached hydrogens (tertiary/aromatic N) is 2. The first-order chi connectivity index (χ1) is 18.0. The highest BCUT2D eigenvalue weighted by Crippen LogP contribution is 2.44. The highest BCUT2D eigenvalue weighted by Gasteiger charge is 2.44. The van der Waals surface area contributed by atoms with Crippen molar-refractivity contribution >= 4 is 34.0 Å². The molecule has 7 nitrogen and oxygen atoms in total. The monoisotopic (exact) mass is 519 g/mol. The molecule has 3 aromatic rings. The van der Waals surface area contributed by atoms with Crippen LogP contribution in [0.4, 0.5) is 5.69 Å². The molecular weight excluding hydrogens is 486 g/mol. The maximum atomic E-state index is 6.64. The maximum absolute atomic E-state index is 6.64. The molecule has 4 unspecified atom stereocenters. The number of aromatic nitrogens is 1. The summed E-state index contributed by atoms with van der Waals surface area (Å²) in [6, 6.07) is 13.7. The summed E-state index contributed by atoms with van der Waals surface area (Å²) in [5, 5.41) is 4.52. The first-order valence-electron chi connectivity index (χ1n) is 12.5. The van der Waals surface area contributed by atoms with Crippen LogP contribution in [0.3, 0.4) is 0 Å². The predicted molar refractivity (Wildman–Crippen MR) is 150 cm³/mol. The van der Waals surface area contributed by atoms with Crippen molar-refractivity contribution in [3.8, 4) is 17.2 Å². The van der Waals surface area contributed by atoms with Crippen LogP contribution < -0.4 is 19.5 Å². The average molecular weight is 520 g/mol. The molecule has 5 atom stereocenters. The highest BCUT2D eigenvalue weighted by atomic mass is 32.1. The number of anilines is 1. The van der Waals surface area contributed by atoms with Crippen molar-refractivity contribution in [1.82, 2.24) is 9.88 Å². The number of nitrogens with one attached hydrogen (secondary N) is 1. The van der Waals surface area contributed by atoms with E-state index in [4.69, 9.17) is 31.2 Å². The van der Waals surface area contributed by atoms with Crippen molar-refractivity contribution in [2.75, 3.05) is 39.7 Å². The summed E-state index contributed by atoms with van der Waals surface area (Å²) in [5.74, 6) is 3.20. The predicted octanol–water partition coefficient (Wildman–Crippen LogP) is 5.61. The second kappa shape index (κ2) is 10.9. The number of pyridine rings is 1. The second-order valence-corrected chi connectivity index (χ2v) is 9.92. The molecule has 2 aromatic carbocycles. The maximum Gasteiger partial charge on any atom is 0.261 e. The van der Waals surface area contributed by atoms with Crippen molar-refractivity contribution in [3.63, 3.8) is 0 Å². The van der Waals surface area contributed by atoms with E-state index in [1.807, 2.05) is 48.7 Å². The van der Waals surface area contributed by atoms with E-state index in [2.05, 4.69) is 27.9 Å². The standard InChI is InChI=1S/C29H33N3O4S/c1-5-18-17-32-13-11-19(18)14-26(32)28(22-10-12-30-24-8-6-20(33-2)15-23(22)24)36-29(37)31-25-9-7-21(34-3)16-27(25)35-4/h5-10,12,15-16,18-19,26,28H,1,11,13-14,17H2,2-4H3,(H,31,37)/t18?,19?,26?,28-/m0/s1. The molecule has 3 aliphatic heterocycles. The molecule has 37 heavy (non-hydrogen) atoms. The van der Waals surface area contributed by atoms with Crippen LogP contribution in [-0.4, -0.2) is 55.5 Å². The molecule has 0 saturated carbocycles. The summed E-state index contributed by atoms with van der Waals surface area (Å²) in [6.07, 6.45) is 5.85. The Hall–Kier alpha value is -3.36. The average Bonchev–Trinajstić information content (AvgIpc) is 2.95. The molecule has 0 spiro atoms. The summed E-state index contributed by atoms with van der Waals surface area (Å²) in [7, 11) is 4.91. The molecule has 0 amide bonds. The van der Waals surface area contributed by atoms with E-state index in [0.29, 0.717) is 29.0 Å². The van der Waals surface area contributed by atoms with Gasteiger partial charge in [0.1, 0.15) is 23.4 Å². The lowest BCUT2D eigenvalue weighted by atomic mass is 9.73. The van der Waals surface area contributed by atoms with Crippen LogP contribution >= 0.6 is 12.2 Å². The van der Waals surface area contributed by atoms with Crippen LogP contribution in [0.5, 0.6) is 17.2 Å². The Balaban J connectivity index is 1.50. The Morgan fingerprint density at radius 2 is 1.89 bits per heavy atom. The zero-order valence-electron chi connectivity index (χ0n) is 21.5. The Kier molecular flexibility index (Phi) is 7.48. The van der Waals surface area contributed by atoms with E-state index in [1.54, 1.807) is 21.3 Å². The number of hydrogen-bond donors (Lipinski definition) is 1. The smallest absolute Gasteiger partial charge is 0.261 e. The molecule has 8 heteroatoms. The summed E-state index contributed by atoms with van der Waals surface area (Å²) < 4.78 is 23.0. The molecule has 3 saturated heterocycles. The fourth-order valence-electron chi connectivity index (χ4n) is 5.72. The molecule has 1 aromatic heterocycles. The van der Waals surface area contributed by atoms with E-state index in [1.165, 1.54) is 6.42 Å². The Morgan fingerprint density at radius 1 is 1.11 bits per heavy atom. The lowest BCUT2D eigenvalue weighted by Gasteiger charge is -2.51. The highest BCUT2D eigenvalue weighted by molar-refractivity contribution is 7.80. The van der Waals surface area contributed by atoms with Gasteiger partial charge in [0.15, 0.2) is 0 Å². The molecule has 0 aliphatic carbocycles. The van der Waals surface area contributed by atoms with Gasteiger partial charge in [0.2, 0.25) is 0 Å². The van der Waals surface area contributed by atoms with Gasteiger partial charge in [-0.2, -0.15) is 0 Å². The minimum atomic E-state index is -0.296. The third-order valence-corrected chi connectivity index (χ3v) is 7.87. The number of piperidine rings is 3. The molecule has 3 aliphatic rings. The first-order valence-corrected chi connectivity index (χ1v) is 12.9. The lowest BCUT2D eigenvalue weighted by molar-refractivity contribution is -0.0386. The molecule has 4 heterocycles. The van der Waals surface area contributed by atoms with Crippen LogP contribution in [0.15, 0.2) is 61.3 Å². The van der Waals surface area contributed by atoms with Gasteiger partial charge in [-0.15, -0.1) is 6.58 Å². The molecule has 3 fully saturated rings. The third kappa shape index (κ3) is 5.08. The number of rotatable bonds is 8. The lowest BCUT2D eigenvalue weighted by Crippen LogP contribution is -2.55. The van der Waals surface area contributed by atoms with Gasteiger partial charge in [-0.05, 0) is 79.8 Å². The fraction of sp³-hybridized carbons (Fsp3) is 0.379. The van der Waals surface area contributed by atoms with Crippen LogP contribution in [0.25, 0.3) is 10.9 Å². The fourth-order valence-corrected chi connectivity index (χ4v) is 5.93. The van der Waals surface area contributed by atoms with Gasteiger partial charge in [0.05, 0.1) is 38.6 Å². The van der Waals surface area contributed by atoms with Crippen LogP contribution in [0.2, 0.25) is 0 Å². The van der Waals surface area contributed by atoms with Gasteiger partial charge in [-0.1, -0.05) is 6.08 Å². The zero-order valence-corrected chi connectivity index (χ0v) is 22.3. The number of hydrogen-bond acceptors (Lipinski definition) is 7. The third-order valence-electron chi connectivity index (χ3n) is 7.67. The number of benzene rings is 2. The first kappa shape index (κ1) is 25.3. The summed E-state index contributed by atoms with van der Waals surface area (Å²) >= 11 is 5.76. The summed E-state index contributed by atoms with van der Waals surface area (Å²) in [6.45, 7) is 6.11. The van der Waals surface area contributed by atoms with Crippen LogP contribution in [-0.2, 0) is 4.74 Å². The molecular formula is C29H33N3O4S.